The SMILES string of the molecule is C=C/C=C\C=C(/OC)c1c(C)c2cc(CC)ccc2n1Cc1ccc(OCCBr)cc1. The predicted octanol–water partition coefficient (Wildman–Crippen LogP) is 7.06. The molecule has 0 atom stereocenters. The van der Waals surface area contributed by atoms with E-state index < -0.39 is 0 Å². The molecule has 3 nitrogen and oxygen atoms in total. The van der Waals surface area contributed by atoms with Crippen molar-refractivity contribution in [2.45, 2.75) is 26.8 Å². The van der Waals surface area contributed by atoms with Crippen molar-refractivity contribution in [3.8, 4) is 5.75 Å². The number of hydrogen-bond donors (Lipinski definition) is 0. The molecule has 31 heavy (non-hydrogen) atoms. The van der Waals surface area contributed by atoms with Gasteiger partial charge in [0.2, 0.25) is 0 Å². The molecular weight excluding hydrogens is 450 g/mol. The zero-order chi connectivity index (χ0) is 22.2. The number of allylic oxidation sites excluding steroid dienone is 4. The lowest BCUT2D eigenvalue weighted by molar-refractivity contribution is 0.345. The van der Waals surface area contributed by atoms with Gasteiger partial charge in [-0.05, 0) is 60.4 Å². The first-order valence-electron chi connectivity index (χ1n) is 10.6. The number of benzene rings is 2. The lowest BCUT2D eigenvalue weighted by Crippen LogP contribution is -2.06. The number of fused-ring (bicyclic) bond motifs is 1. The van der Waals surface area contributed by atoms with Gasteiger partial charge in [0, 0.05) is 22.8 Å². The van der Waals surface area contributed by atoms with Crippen LogP contribution in [0.5, 0.6) is 5.75 Å². The smallest absolute Gasteiger partial charge is 0.142 e. The van der Waals surface area contributed by atoms with Gasteiger partial charge in [-0.2, -0.15) is 0 Å². The van der Waals surface area contributed by atoms with E-state index in [4.69, 9.17) is 9.47 Å². The molecule has 3 aromatic rings. The number of methoxy groups -OCH3 is 1. The highest BCUT2D eigenvalue weighted by atomic mass is 79.9. The molecule has 0 unspecified atom stereocenters. The van der Waals surface area contributed by atoms with Crippen LogP contribution < -0.4 is 4.74 Å². The standard InChI is InChI=1S/C27H30BrNO2/c1-5-7-8-9-26(30-4)27-20(3)24-18-21(6-2)12-15-25(24)29(27)19-22-10-13-23(14-11-22)31-17-16-28/h5,7-15,18H,1,6,16-17,19H2,2-4H3/b8-7-,26-9-. The number of alkyl halides is 1. The molecule has 0 spiro atoms. The van der Waals surface area contributed by atoms with E-state index in [2.05, 4.69) is 71.3 Å². The lowest BCUT2D eigenvalue weighted by atomic mass is 10.1. The fraction of sp³-hybridized carbons (Fsp3) is 0.259. The van der Waals surface area contributed by atoms with Crippen LogP contribution in [-0.2, 0) is 17.7 Å². The number of ether oxygens (including phenoxy) is 2. The molecule has 162 valence electrons. The molecule has 0 aliphatic heterocycles. The third-order valence-corrected chi connectivity index (χ3v) is 5.67. The molecule has 3 rings (SSSR count). The summed E-state index contributed by atoms with van der Waals surface area (Å²) in [6.45, 7) is 9.52. The fourth-order valence-corrected chi connectivity index (χ4v) is 3.93. The largest absolute Gasteiger partial charge is 0.495 e. The van der Waals surface area contributed by atoms with Crippen LogP contribution in [0, 0.1) is 6.92 Å². The highest BCUT2D eigenvalue weighted by Gasteiger charge is 2.18. The fourth-order valence-electron chi connectivity index (χ4n) is 3.77. The summed E-state index contributed by atoms with van der Waals surface area (Å²) in [4.78, 5) is 0. The highest BCUT2D eigenvalue weighted by molar-refractivity contribution is 9.09. The molecule has 0 aliphatic carbocycles. The predicted molar refractivity (Wildman–Crippen MR) is 135 cm³/mol. The van der Waals surface area contributed by atoms with Gasteiger partial charge in [-0.25, -0.2) is 0 Å². The Balaban J connectivity index is 2.10. The van der Waals surface area contributed by atoms with E-state index in [9.17, 15) is 0 Å². The Bertz CT molecular complexity index is 1090. The molecule has 1 aromatic heterocycles. The molecule has 4 heteroatoms. The summed E-state index contributed by atoms with van der Waals surface area (Å²) in [6.07, 6.45) is 8.64. The number of rotatable bonds is 10. The van der Waals surface area contributed by atoms with Crippen molar-refractivity contribution in [3.05, 3.63) is 95.7 Å². The molecule has 0 aliphatic rings. The van der Waals surface area contributed by atoms with Crippen LogP contribution in [0.2, 0.25) is 0 Å². The van der Waals surface area contributed by atoms with Gasteiger partial charge in [-0.3, -0.25) is 0 Å². The normalized spacial score (nSPS) is 11.9. The third-order valence-electron chi connectivity index (χ3n) is 5.35. The second kappa shape index (κ2) is 11.1. The van der Waals surface area contributed by atoms with Crippen LogP contribution in [0.15, 0.2) is 73.3 Å². The summed E-state index contributed by atoms with van der Waals surface area (Å²) < 4.78 is 13.9. The first-order valence-corrected chi connectivity index (χ1v) is 11.7. The highest BCUT2D eigenvalue weighted by Crippen LogP contribution is 2.33. The lowest BCUT2D eigenvalue weighted by Gasteiger charge is -2.14. The van der Waals surface area contributed by atoms with Crippen LogP contribution in [0.1, 0.15) is 29.3 Å². The molecule has 0 radical (unpaired) electrons. The number of aryl methyl sites for hydroxylation is 2. The Morgan fingerprint density at radius 3 is 2.48 bits per heavy atom. The van der Waals surface area contributed by atoms with Crippen molar-refractivity contribution in [2.75, 3.05) is 19.0 Å². The summed E-state index contributed by atoms with van der Waals surface area (Å²) in [6, 6.07) is 15.1. The third kappa shape index (κ3) is 5.31. The van der Waals surface area contributed by atoms with Crippen LogP contribution in [-0.4, -0.2) is 23.6 Å². The van der Waals surface area contributed by atoms with E-state index >= 15 is 0 Å². The summed E-state index contributed by atoms with van der Waals surface area (Å²) in [5.74, 6) is 1.72. The van der Waals surface area contributed by atoms with Gasteiger partial charge in [0.1, 0.15) is 11.5 Å². The Morgan fingerprint density at radius 1 is 1.10 bits per heavy atom. The van der Waals surface area contributed by atoms with E-state index in [1.165, 1.54) is 27.6 Å². The van der Waals surface area contributed by atoms with Crippen LogP contribution in [0.4, 0.5) is 0 Å². The second-order valence-electron chi connectivity index (χ2n) is 7.30. The molecule has 1 heterocycles. The van der Waals surface area contributed by atoms with E-state index in [-0.39, 0.29) is 0 Å². The maximum Gasteiger partial charge on any atom is 0.142 e. The van der Waals surface area contributed by atoms with Crippen molar-refractivity contribution in [1.29, 1.82) is 0 Å². The zero-order valence-electron chi connectivity index (χ0n) is 18.5. The van der Waals surface area contributed by atoms with E-state index in [0.29, 0.717) is 6.61 Å². The molecule has 0 amide bonds. The Morgan fingerprint density at radius 2 is 1.84 bits per heavy atom. The Labute approximate surface area is 193 Å². The van der Waals surface area contributed by atoms with Gasteiger partial charge < -0.3 is 14.0 Å². The van der Waals surface area contributed by atoms with Gasteiger partial charge in [-0.1, -0.05) is 65.9 Å². The van der Waals surface area contributed by atoms with E-state index in [1.807, 2.05) is 30.4 Å². The number of nitrogens with zero attached hydrogens (tertiary/aromatic N) is 1. The average molecular weight is 480 g/mol. The van der Waals surface area contributed by atoms with E-state index in [1.54, 1.807) is 13.2 Å². The van der Waals surface area contributed by atoms with E-state index in [0.717, 1.165) is 35.5 Å². The number of aromatic nitrogens is 1. The molecule has 0 bridgehead atoms. The minimum Gasteiger partial charge on any atom is -0.495 e. The maximum absolute atomic E-state index is 5.82. The maximum atomic E-state index is 5.82. The van der Waals surface area contributed by atoms with Crippen LogP contribution in [0.25, 0.3) is 16.7 Å². The van der Waals surface area contributed by atoms with Crippen molar-refractivity contribution in [2.24, 2.45) is 0 Å². The van der Waals surface area contributed by atoms with Crippen molar-refractivity contribution in [1.82, 2.24) is 4.57 Å². The van der Waals surface area contributed by atoms with Gasteiger partial charge in [-0.15, -0.1) is 0 Å². The molecule has 0 fully saturated rings. The summed E-state index contributed by atoms with van der Waals surface area (Å²) in [5.41, 5.74) is 6.07. The molecule has 2 aromatic carbocycles. The first-order chi connectivity index (χ1) is 15.1. The molecule has 0 N–H and O–H groups in total. The topological polar surface area (TPSA) is 23.4 Å². The number of hydrogen-bond acceptors (Lipinski definition) is 2. The second-order valence-corrected chi connectivity index (χ2v) is 8.09. The van der Waals surface area contributed by atoms with Crippen LogP contribution in [0.3, 0.4) is 0 Å². The Kier molecular flexibility index (Phi) is 8.19. The van der Waals surface area contributed by atoms with Crippen molar-refractivity contribution >= 4 is 32.6 Å². The van der Waals surface area contributed by atoms with Gasteiger partial charge >= 0.3 is 0 Å². The van der Waals surface area contributed by atoms with Gasteiger partial charge in [0.25, 0.3) is 0 Å². The quantitative estimate of drug-likeness (QED) is 0.176. The van der Waals surface area contributed by atoms with Crippen molar-refractivity contribution in [3.63, 3.8) is 0 Å². The Hall–Kier alpha value is -2.72. The summed E-state index contributed by atoms with van der Waals surface area (Å²) in [7, 11) is 1.72. The zero-order valence-corrected chi connectivity index (χ0v) is 20.1. The van der Waals surface area contributed by atoms with Gasteiger partial charge in [0.05, 0.1) is 19.4 Å². The first kappa shape index (κ1) is 23.0. The summed E-state index contributed by atoms with van der Waals surface area (Å²) >= 11 is 3.40. The molecule has 0 saturated carbocycles. The molecule has 0 saturated heterocycles. The number of halogens is 1. The summed E-state index contributed by atoms with van der Waals surface area (Å²) in [5, 5.41) is 2.08. The van der Waals surface area contributed by atoms with Crippen molar-refractivity contribution < 1.29 is 9.47 Å². The average Bonchev–Trinajstić information content (AvgIpc) is 3.07. The molecular formula is C27H30BrNO2. The van der Waals surface area contributed by atoms with Crippen LogP contribution >= 0.6 is 15.9 Å². The minimum absolute atomic E-state index is 0.658. The minimum atomic E-state index is 0.658. The monoisotopic (exact) mass is 479 g/mol. The van der Waals surface area contributed by atoms with Gasteiger partial charge in [0.15, 0.2) is 0 Å².